The third kappa shape index (κ3) is 3.26. The Morgan fingerprint density at radius 3 is 1.65 bits per heavy atom. The molecule has 2 atom stereocenters. The van der Waals surface area contributed by atoms with Crippen molar-refractivity contribution in [2.75, 3.05) is 0 Å². The van der Waals surface area contributed by atoms with Crippen molar-refractivity contribution in [2.45, 2.75) is 46.0 Å². The number of rotatable bonds is 4. The van der Waals surface area contributed by atoms with Crippen LogP contribution >= 0.6 is 0 Å². The molecule has 1 aliphatic carbocycles. The number of primary amides is 2. The van der Waals surface area contributed by atoms with Gasteiger partial charge in [-0.3, -0.25) is 9.59 Å². The maximum Gasteiger partial charge on any atom is 1.00 e. The number of hydrogen-bond donors (Lipinski definition) is 2. The molecule has 17 heavy (non-hydrogen) atoms. The van der Waals surface area contributed by atoms with Gasteiger partial charge in [0.25, 0.3) is 0 Å². The van der Waals surface area contributed by atoms with Crippen LogP contribution in [0, 0.1) is 17.3 Å². The molecule has 2 amide bonds. The molecule has 0 aromatic rings. The second kappa shape index (κ2) is 6.46. The number of hydrogen-bond acceptors (Lipinski definition) is 2. The van der Waals surface area contributed by atoms with Crippen molar-refractivity contribution in [2.24, 2.45) is 28.7 Å². The van der Waals surface area contributed by atoms with E-state index in [9.17, 15) is 9.59 Å². The molecule has 1 fully saturated rings. The molecule has 0 aliphatic heterocycles. The molecular weight excluding hydrogens is 211 g/mol. The summed E-state index contributed by atoms with van der Waals surface area (Å²) in [5.74, 6) is -1.21. The Bertz CT molecular complexity index is 272. The van der Waals surface area contributed by atoms with E-state index in [1.807, 2.05) is 13.8 Å². The quantitative estimate of drug-likeness (QED) is 0.568. The van der Waals surface area contributed by atoms with Crippen molar-refractivity contribution in [1.82, 2.24) is 0 Å². The minimum absolute atomic E-state index is 0. The topological polar surface area (TPSA) is 86.2 Å². The van der Waals surface area contributed by atoms with E-state index in [1.54, 1.807) is 0 Å². The van der Waals surface area contributed by atoms with Crippen molar-refractivity contribution in [3.8, 4) is 0 Å². The normalized spacial score (nSPS) is 22.0. The molecule has 1 aliphatic rings. The Balaban J connectivity index is 0. The zero-order chi connectivity index (χ0) is 12.3. The van der Waals surface area contributed by atoms with Gasteiger partial charge in [0.05, 0.1) is 0 Å². The van der Waals surface area contributed by atoms with Crippen LogP contribution in [-0.4, -0.2) is 11.8 Å². The first-order chi connectivity index (χ1) is 7.42. The fourth-order valence-corrected chi connectivity index (χ4v) is 3.02. The van der Waals surface area contributed by atoms with Crippen LogP contribution in [0.4, 0.5) is 0 Å². The van der Waals surface area contributed by atoms with Crippen LogP contribution in [0.1, 0.15) is 47.4 Å². The van der Waals surface area contributed by atoms with Gasteiger partial charge >= 0.3 is 18.9 Å². The molecule has 0 bridgehead atoms. The zero-order valence-corrected chi connectivity index (χ0v) is 11.2. The summed E-state index contributed by atoms with van der Waals surface area (Å²) in [7, 11) is 0. The fraction of sp³-hybridized carbons (Fsp3) is 0.833. The summed E-state index contributed by atoms with van der Waals surface area (Å²) < 4.78 is 0. The maximum atomic E-state index is 11.4. The predicted molar refractivity (Wildman–Crippen MR) is 63.3 cm³/mol. The number of carbonyl (C=O) groups excluding carboxylic acids is 2. The fourth-order valence-electron chi connectivity index (χ4n) is 3.02. The van der Waals surface area contributed by atoms with E-state index in [1.165, 1.54) is 6.42 Å². The van der Waals surface area contributed by atoms with E-state index in [0.717, 1.165) is 25.7 Å². The average Bonchev–Trinajstić information content (AvgIpc) is 2.27. The summed E-state index contributed by atoms with van der Waals surface area (Å²) in [4.78, 5) is 22.8. The largest absolute Gasteiger partial charge is 1.00 e. The van der Waals surface area contributed by atoms with Crippen molar-refractivity contribution < 1.29 is 29.9 Å². The van der Waals surface area contributed by atoms with Gasteiger partial charge in [-0.2, -0.15) is 0 Å². The summed E-state index contributed by atoms with van der Waals surface area (Å²) in [5.41, 5.74) is 10.5. The van der Waals surface area contributed by atoms with E-state index in [0.29, 0.717) is 0 Å². The van der Waals surface area contributed by atoms with Crippen LogP contribution in [0.3, 0.4) is 0 Å². The molecule has 0 saturated heterocycles. The van der Waals surface area contributed by atoms with Gasteiger partial charge in [-0.15, -0.1) is 0 Å². The van der Waals surface area contributed by atoms with Gasteiger partial charge in [-0.05, 0) is 18.3 Å². The summed E-state index contributed by atoms with van der Waals surface area (Å²) in [6, 6.07) is 0. The maximum absolute atomic E-state index is 11.4. The molecule has 0 aromatic heterocycles. The van der Waals surface area contributed by atoms with Crippen LogP contribution in [-0.2, 0) is 9.59 Å². The Morgan fingerprint density at radius 1 is 1.00 bits per heavy atom. The first-order valence-electron chi connectivity index (χ1n) is 6.00. The molecule has 4 N–H and O–H groups in total. The first kappa shape index (κ1) is 16.5. The summed E-state index contributed by atoms with van der Waals surface area (Å²) in [6.45, 7) is 3.65. The Kier molecular flexibility index (Phi) is 6.29. The molecule has 1 saturated carbocycles. The first-order valence-corrected chi connectivity index (χ1v) is 6.00. The van der Waals surface area contributed by atoms with Gasteiger partial charge in [0.15, 0.2) is 0 Å². The summed E-state index contributed by atoms with van der Waals surface area (Å²) >= 11 is 0. The van der Waals surface area contributed by atoms with Crippen molar-refractivity contribution in [1.29, 1.82) is 0 Å². The zero-order valence-electron chi connectivity index (χ0n) is 12.2. The van der Waals surface area contributed by atoms with Gasteiger partial charge in [-0.25, -0.2) is 0 Å². The molecular formula is C12H23LiN2O2. The van der Waals surface area contributed by atoms with E-state index in [-0.39, 0.29) is 49.4 Å². The van der Waals surface area contributed by atoms with E-state index >= 15 is 0 Å². The molecule has 0 spiro atoms. The minimum Gasteiger partial charge on any atom is -1.00 e. The Labute approximate surface area is 117 Å². The summed E-state index contributed by atoms with van der Waals surface area (Å²) in [6.07, 6.45) is 5.02. The number of amides is 2. The minimum atomic E-state index is -0.324. The van der Waals surface area contributed by atoms with Gasteiger partial charge in [-0.1, -0.05) is 33.1 Å². The second-order valence-electron chi connectivity index (χ2n) is 5.04. The Morgan fingerprint density at radius 2 is 1.35 bits per heavy atom. The number of nitrogens with two attached hydrogens (primary N) is 2. The molecule has 0 radical (unpaired) electrons. The molecule has 0 heterocycles. The van der Waals surface area contributed by atoms with Crippen molar-refractivity contribution in [3.05, 3.63) is 0 Å². The van der Waals surface area contributed by atoms with E-state index in [4.69, 9.17) is 11.5 Å². The molecule has 5 heteroatoms. The Hall–Kier alpha value is -0.463. The second-order valence-corrected chi connectivity index (χ2v) is 5.04. The smallest absolute Gasteiger partial charge is 1.00 e. The SMILES string of the molecule is CC(C(N)=O)C1(C(C)C(N)=O)CCCCC1.[H-].[Li+]. The van der Waals surface area contributed by atoms with E-state index in [2.05, 4.69) is 0 Å². The van der Waals surface area contributed by atoms with Gasteiger partial charge in [0.1, 0.15) is 0 Å². The molecule has 0 aromatic carbocycles. The standard InChI is InChI=1S/C12H22N2O2.Li.H/c1-8(10(13)15)12(9(2)11(14)16)6-4-3-5-7-12;;/h8-9H,3-7H2,1-2H3,(H2,13,15)(H2,14,16);;/q;+1;-1. The molecule has 4 nitrogen and oxygen atoms in total. The molecule has 94 valence electrons. The van der Waals surface area contributed by atoms with Gasteiger partial charge in [0, 0.05) is 11.8 Å². The third-order valence-electron chi connectivity index (χ3n) is 4.36. The van der Waals surface area contributed by atoms with Crippen molar-refractivity contribution >= 4 is 11.8 Å². The van der Waals surface area contributed by atoms with Crippen LogP contribution in [0.15, 0.2) is 0 Å². The van der Waals surface area contributed by atoms with Crippen molar-refractivity contribution in [3.63, 3.8) is 0 Å². The van der Waals surface area contributed by atoms with Gasteiger partial charge < -0.3 is 12.9 Å². The predicted octanol–water partition coefficient (Wildman–Crippen LogP) is -1.70. The van der Waals surface area contributed by atoms with E-state index < -0.39 is 0 Å². The van der Waals surface area contributed by atoms with Crippen LogP contribution in [0.25, 0.3) is 0 Å². The van der Waals surface area contributed by atoms with Crippen LogP contribution < -0.4 is 30.3 Å². The third-order valence-corrected chi connectivity index (χ3v) is 4.36. The summed E-state index contributed by atoms with van der Waals surface area (Å²) in [5, 5.41) is 0. The van der Waals surface area contributed by atoms with Gasteiger partial charge in [0.2, 0.25) is 11.8 Å². The number of carbonyl (C=O) groups is 2. The molecule has 2 unspecified atom stereocenters. The van der Waals surface area contributed by atoms with Crippen LogP contribution in [0.2, 0.25) is 0 Å². The average molecular weight is 234 g/mol. The van der Waals surface area contributed by atoms with Crippen LogP contribution in [0.5, 0.6) is 0 Å². The molecule has 1 rings (SSSR count). The monoisotopic (exact) mass is 234 g/mol.